The quantitative estimate of drug-likeness (QED) is 0.707. The number of hydrogen-bond donors (Lipinski definition) is 3. The molecule has 0 saturated heterocycles. The number of aromatic nitrogens is 2. The number of nitrogen functional groups attached to an aromatic ring is 1. The number of H-pyrrole nitrogens is 1. The lowest BCUT2D eigenvalue weighted by atomic mass is 10.3. The SMILES string of the molecule is Nc1cc(=O)n(C(=S)Nc2cccc(Cl)c2Cl)[nH]1. The zero-order valence-electron chi connectivity index (χ0n) is 8.91. The molecule has 1 heterocycles. The van der Waals surface area contributed by atoms with Gasteiger partial charge in [-0.25, -0.2) is 0 Å². The standard InChI is InChI=1S/C10H8Cl2N4OS/c11-5-2-1-3-6(9(5)12)14-10(18)16-8(17)4-7(13)15-16/h1-4,15H,13H2,(H,14,18). The number of hydrogen-bond acceptors (Lipinski definition) is 3. The van der Waals surface area contributed by atoms with Gasteiger partial charge in [-0.2, -0.15) is 4.68 Å². The molecule has 8 heteroatoms. The first-order valence-corrected chi connectivity index (χ1v) is 5.98. The monoisotopic (exact) mass is 302 g/mol. The molecule has 2 aromatic rings. The van der Waals surface area contributed by atoms with Gasteiger partial charge in [0.05, 0.1) is 15.7 Å². The van der Waals surface area contributed by atoms with Crippen LogP contribution in [0.5, 0.6) is 0 Å². The van der Waals surface area contributed by atoms with Crippen LogP contribution >= 0.6 is 35.4 Å². The number of nitrogens with zero attached hydrogens (tertiary/aromatic N) is 1. The van der Waals surface area contributed by atoms with Crippen molar-refractivity contribution >= 4 is 52.0 Å². The van der Waals surface area contributed by atoms with E-state index < -0.39 is 0 Å². The predicted molar refractivity (Wildman–Crippen MR) is 77.5 cm³/mol. The molecule has 0 spiro atoms. The average Bonchev–Trinajstić information content (AvgIpc) is 2.64. The molecule has 1 aromatic carbocycles. The molecule has 5 nitrogen and oxygen atoms in total. The summed E-state index contributed by atoms with van der Waals surface area (Å²) in [6.07, 6.45) is 0. The van der Waals surface area contributed by atoms with Crippen LogP contribution in [0.2, 0.25) is 10.0 Å². The van der Waals surface area contributed by atoms with Gasteiger partial charge in [0.25, 0.3) is 5.56 Å². The Morgan fingerprint density at radius 2 is 2.17 bits per heavy atom. The summed E-state index contributed by atoms with van der Waals surface area (Å²) >= 11 is 16.9. The van der Waals surface area contributed by atoms with Crippen molar-refractivity contribution < 1.29 is 0 Å². The van der Waals surface area contributed by atoms with Crippen molar-refractivity contribution in [2.45, 2.75) is 0 Å². The smallest absolute Gasteiger partial charge is 0.275 e. The summed E-state index contributed by atoms with van der Waals surface area (Å²) in [6.45, 7) is 0. The largest absolute Gasteiger partial charge is 0.384 e. The van der Waals surface area contributed by atoms with Crippen molar-refractivity contribution in [2.24, 2.45) is 0 Å². The second kappa shape index (κ2) is 5.01. The zero-order chi connectivity index (χ0) is 13.3. The number of nitrogens with two attached hydrogens (primary N) is 1. The molecule has 2 rings (SSSR count). The van der Waals surface area contributed by atoms with Gasteiger partial charge in [0.2, 0.25) is 0 Å². The lowest BCUT2D eigenvalue weighted by molar-refractivity contribution is 0.919. The van der Waals surface area contributed by atoms with Gasteiger partial charge in [-0.1, -0.05) is 29.3 Å². The molecule has 18 heavy (non-hydrogen) atoms. The first-order valence-electron chi connectivity index (χ1n) is 4.82. The summed E-state index contributed by atoms with van der Waals surface area (Å²) in [5.41, 5.74) is 5.60. The molecule has 0 aliphatic heterocycles. The van der Waals surface area contributed by atoms with Crippen LogP contribution in [0, 0.1) is 0 Å². The van der Waals surface area contributed by atoms with E-state index >= 15 is 0 Å². The Kier molecular flexibility index (Phi) is 3.60. The van der Waals surface area contributed by atoms with E-state index in [4.69, 9.17) is 41.2 Å². The van der Waals surface area contributed by atoms with Crippen LogP contribution in [-0.4, -0.2) is 14.9 Å². The van der Waals surface area contributed by atoms with Crippen molar-refractivity contribution in [3.05, 3.63) is 44.7 Å². The molecule has 0 amide bonds. The second-order valence-electron chi connectivity index (χ2n) is 3.42. The maximum Gasteiger partial charge on any atom is 0.275 e. The Labute approximate surface area is 117 Å². The Morgan fingerprint density at radius 3 is 2.78 bits per heavy atom. The highest BCUT2D eigenvalue weighted by Gasteiger charge is 2.09. The lowest BCUT2D eigenvalue weighted by Crippen LogP contribution is -2.29. The van der Waals surface area contributed by atoms with Gasteiger partial charge in [0, 0.05) is 6.07 Å². The van der Waals surface area contributed by atoms with E-state index in [0.717, 1.165) is 4.68 Å². The lowest BCUT2D eigenvalue weighted by Gasteiger charge is -2.10. The van der Waals surface area contributed by atoms with Crippen molar-refractivity contribution in [1.29, 1.82) is 0 Å². The Hall–Kier alpha value is -1.50. The Balaban J connectivity index is 2.30. The van der Waals surface area contributed by atoms with E-state index in [9.17, 15) is 4.79 Å². The fourth-order valence-corrected chi connectivity index (χ4v) is 1.93. The third-order valence-corrected chi connectivity index (χ3v) is 3.24. The van der Waals surface area contributed by atoms with Crippen LogP contribution in [0.1, 0.15) is 0 Å². The normalized spacial score (nSPS) is 10.3. The van der Waals surface area contributed by atoms with Gasteiger partial charge in [-0.05, 0) is 24.4 Å². The van der Waals surface area contributed by atoms with Crippen LogP contribution < -0.4 is 16.6 Å². The molecular formula is C10H8Cl2N4OS. The molecule has 4 N–H and O–H groups in total. The highest BCUT2D eigenvalue weighted by molar-refractivity contribution is 7.80. The van der Waals surface area contributed by atoms with E-state index in [2.05, 4.69) is 10.4 Å². The molecule has 0 fully saturated rings. The highest BCUT2D eigenvalue weighted by atomic mass is 35.5. The minimum absolute atomic E-state index is 0.126. The van der Waals surface area contributed by atoms with Crippen LogP contribution in [-0.2, 0) is 0 Å². The van der Waals surface area contributed by atoms with E-state index in [-0.39, 0.29) is 16.5 Å². The topological polar surface area (TPSA) is 75.8 Å². The summed E-state index contributed by atoms with van der Waals surface area (Å²) in [7, 11) is 0. The molecule has 0 bridgehead atoms. The summed E-state index contributed by atoms with van der Waals surface area (Å²) in [4.78, 5) is 11.5. The maximum absolute atomic E-state index is 11.5. The van der Waals surface area contributed by atoms with Crippen molar-refractivity contribution in [1.82, 2.24) is 9.78 Å². The van der Waals surface area contributed by atoms with Gasteiger partial charge in [-0.3, -0.25) is 9.89 Å². The number of halogens is 2. The van der Waals surface area contributed by atoms with Gasteiger partial charge in [-0.15, -0.1) is 0 Å². The number of benzene rings is 1. The van der Waals surface area contributed by atoms with Crippen LogP contribution in [0.3, 0.4) is 0 Å². The summed E-state index contributed by atoms with van der Waals surface area (Å²) in [6, 6.07) is 6.29. The molecule has 0 unspecified atom stereocenters. The summed E-state index contributed by atoms with van der Waals surface area (Å²) in [5, 5.41) is 6.26. The van der Waals surface area contributed by atoms with E-state index in [1.54, 1.807) is 18.2 Å². The fraction of sp³-hybridized carbons (Fsp3) is 0. The second-order valence-corrected chi connectivity index (χ2v) is 4.59. The van der Waals surface area contributed by atoms with Crippen LogP contribution in [0.15, 0.2) is 29.1 Å². The Morgan fingerprint density at radius 1 is 1.44 bits per heavy atom. The van der Waals surface area contributed by atoms with Crippen molar-refractivity contribution in [3.63, 3.8) is 0 Å². The molecular weight excluding hydrogens is 295 g/mol. The van der Waals surface area contributed by atoms with Gasteiger partial charge >= 0.3 is 0 Å². The molecule has 0 saturated carbocycles. The molecule has 0 aliphatic carbocycles. The first-order chi connectivity index (χ1) is 8.49. The predicted octanol–water partition coefficient (Wildman–Crippen LogP) is 2.31. The van der Waals surface area contributed by atoms with Crippen LogP contribution in [0.25, 0.3) is 0 Å². The van der Waals surface area contributed by atoms with Crippen molar-refractivity contribution in [3.8, 4) is 0 Å². The summed E-state index contributed by atoms with van der Waals surface area (Å²) < 4.78 is 1.10. The molecule has 0 radical (unpaired) electrons. The molecule has 0 atom stereocenters. The fourth-order valence-electron chi connectivity index (χ4n) is 1.34. The van der Waals surface area contributed by atoms with E-state index in [1.165, 1.54) is 6.07 Å². The minimum atomic E-state index is -0.358. The van der Waals surface area contributed by atoms with E-state index in [0.29, 0.717) is 15.7 Å². The van der Waals surface area contributed by atoms with Crippen molar-refractivity contribution in [2.75, 3.05) is 11.1 Å². The van der Waals surface area contributed by atoms with Gasteiger partial charge in [0.15, 0.2) is 5.11 Å². The maximum atomic E-state index is 11.5. The third kappa shape index (κ3) is 2.50. The molecule has 0 aliphatic rings. The highest BCUT2D eigenvalue weighted by Crippen LogP contribution is 2.29. The summed E-state index contributed by atoms with van der Waals surface area (Å²) in [5.74, 6) is 0.223. The number of anilines is 2. The average molecular weight is 303 g/mol. The Bertz CT molecular complexity index is 664. The number of nitrogens with one attached hydrogen (secondary N) is 2. The van der Waals surface area contributed by atoms with Gasteiger partial charge < -0.3 is 11.1 Å². The van der Waals surface area contributed by atoms with Crippen LogP contribution in [0.4, 0.5) is 11.5 Å². The molecule has 1 aromatic heterocycles. The third-order valence-electron chi connectivity index (χ3n) is 2.14. The minimum Gasteiger partial charge on any atom is -0.384 e. The zero-order valence-corrected chi connectivity index (χ0v) is 11.2. The van der Waals surface area contributed by atoms with E-state index in [1.807, 2.05) is 0 Å². The number of thiocarbonyl (C=S) groups is 1. The van der Waals surface area contributed by atoms with Gasteiger partial charge in [0.1, 0.15) is 5.82 Å². The molecule has 94 valence electrons. The number of rotatable bonds is 1. The number of aromatic amines is 1. The first kappa shape index (κ1) is 12.9.